The lowest BCUT2D eigenvalue weighted by atomic mass is 10.4. The number of rotatable bonds is 1. The van der Waals surface area contributed by atoms with Gasteiger partial charge in [-0.05, 0) is 22.0 Å². The maximum absolute atomic E-state index is 5.85. The molecule has 2 heterocycles. The highest BCUT2D eigenvalue weighted by molar-refractivity contribution is 9.10. The van der Waals surface area contributed by atoms with Gasteiger partial charge in [0.1, 0.15) is 16.9 Å². The molecule has 5 heteroatoms. The third kappa shape index (κ3) is 1.46. The zero-order valence-electron chi connectivity index (χ0n) is 5.79. The standard InChI is InChI=1S/C7H4BrClO2S/c8-4-3-5(12-6(4)9)7-10-1-2-11-7/h1-3,7H. The molecule has 1 aliphatic heterocycles. The second-order valence-corrected chi connectivity index (χ2v) is 4.69. The van der Waals surface area contributed by atoms with Crippen molar-refractivity contribution in [1.29, 1.82) is 0 Å². The van der Waals surface area contributed by atoms with Crippen LogP contribution in [0.2, 0.25) is 4.34 Å². The van der Waals surface area contributed by atoms with E-state index in [2.05, 4.69) is 15.9 Å². The Bertz CT molecular complexity index is 296. The normalized spacial score (nSPS) is 16.2. The summed E-state index contributed by atoms with van der Waals surface area (Å²) < 4.78 is 11.9. The fourth-order valence-electron chi connectivity index (χ4n) is 0.853. The third-order valence-electron chi connectivity index (χ3n) is 1.36. The van der Waals surface area contributed by atoms with Crippen LogP contribution in [0, 0.1) is 0 Å². The molecule has 0 radical (unpaired) electrons. The van der Waals surface area contributed by atoms with Gasteiger partial charge in [0.05, 0.1) is 4.88 Å². The van der Waals surface area contributed by atoms with E-state index in [1.165, 1.54) is 23.9 Å². The van der Waals surface area contributed by atoms with Crippen LogP contribution in [0.4, 0.5) is 0 Å². The van der Waals surface area contributed by atoms with Crippen LogP contribution in [0.5, 0.6) is 0 Å². The summed E-state index contributed by atoms with van der Waals surface area (Å²) >= 11 is 10.6. The van der Waals surface area contributed by atoms with E-state index >= 15 is 0 Å². The molecule has 0 unspecified atom stereocenters. The van der Waals surface area contributed by atoms with Gasteiger partial charge in [0.25, 0.3) is 6.29 Å². The molecule has 12 heavy (non-hydrogen) atoms. The summed E-state index contributed by atoms with van der Waals surface area (Å²) in [5, 5.41) is 0. The van der Waals surface area contributed by atoms with Crippen molar-refractivity contribution < 1.29 is 9.47 Å². The van der Waals surface area contributed by atoms with E-state index in [1.54, 1.807) is 0 Å². The SMILES string of the molecule is Clc1sc(C2OC=CO2)cc1Br. The molecule has 0 saturated carbocycles. The molecule has 1 aromatic heterocycles. The first kappa shape index (κ1) is 8.41. The lowest BCUT2D eigenvalue weighted by Crippen LogP contribution is -1.93. The van der Waals surface area contributed by atoms with Gasteiger partial charge in [0, 0.05) is 4.47 Å². The predicted octanol–water partition coefficient (Wildman–Crippen LogP) is 3.68. The molecular formula is C7H4BrClO2S. The van der Waals surface area contributed by atoms with E-state index in [0.717, 1.165) is 9.35 Å². The van der Waals surface area contributed by atoms with Crippen molar-refractivity contribution in [2.45, 2.75) is 6.29 Å². The Morgan fingerprint density at radius 2 is 2.08 bits per heavy atom. The lowest BCUT2D eigenvalue weighted by molar-refractivity contribution is -0.0217. The first-order valence-corrected chi connectivity index (χ1v) is 5.17. The molecule has 0 fully saturated rings. The molecule has 0 N–H and O–H groups in total. The average molecular weight is 268 g/mol. The molecule has 0 bridgehead atoms. The molecule has 1 aliphatic rings. The Labute approximate surface area is 86.9 Å². The molecule has 64 valence electrons. The molecule has 2 nitrogen and oxygen atoms in total. The maximum Gasteiger partial charge on any atom is 0.275 e. The Kier molecular flexibility index (Phi) is 2.30. The molecule has 0 atom stereocenters. The number of ether oxygens (including phenoxy) is 2. The quantitative estimate of drug-likeness (QED) is 0.773. The van der Waals surface area contributed by atoms with Gasteiger partial charge in [-0.25, -0.2) is 0 Å². The van der Waals surface area contributed by atoms with Gasteiger partial charge in [-0.1, -0.05) is 11.6 Å². The van der Waals surface area contributed by atoms with Crippen LogP contribution < -0.4 is 0 Å². The summed E-state index contributed by atoms with van der Waals surface area (Å²) in [7, 11) is 0. The van der Waals surface area contributed by atoms with Gasteiger partial charge in [0.15, 0.2) is 0 Å². The van der Waals surface area contributed by atoms with Crippen molar-refractivity contribution >= 4 is 38.9 Å². The summed E-state index contributed by atoms with van der Waals surface area (Å²) in [6.07, 6.45) is 2.72. The summed E-state index contributed by atoms with van der Waals surface area (Å²) in [6, 6.07) is 1.89. The van der Waals surface area contributed by atoms with E-state index in [1.807, 2.05) is 6.07 Å². The summed E-state index contributed by atoms with van der Waals surface area (Å²) in [5.41, 5.74) is 0. The molecule has 0 amide bonds. The second-order valence-electron chi connectivity index (χ2n) is 2.15. The first-order valence-electron chi connectivity index (χ1n) is 3.18. The fraction of sp³-hybridized carbons (Fsp3) is 0.143. The van der Waals surface area contributed by atoms with Gasteiger partial charge in [0.2, 0.25) is 0 Å². The average Bonchev–Trinajstić information content (AvgIpc) is 2.61. The number of hydrogen-bond donors (Lipinski definition) is 0. The molecule has 0 saturated heterocycles. The first-order chi connectivity index (χ1) is 5.77. The van der Waals surface area contributed by atoms with Gasteiger partial charge >= 0.3 is 0 Å². The highest BCUT2D eigenvalue weighted by atomic mass is 79.9. The van der Waals surface area contributed by atoms with Crippen molar-refractivity contribution in [1.82, 2.24) is 0 Å². The Hall–Kier alpha value is -0.190. The molecule has 0 spiro atoms. The van der Waals surface area contributed by atoms with Crippen molar-refractivity contribution in [2.75, 3.05) is 0 Å². The predicted molar refractivity (Wildman–Crippen MR) is 51.1 cm³/mol. The van der Waals surface area contributed by atoms with Crippen LogP contribution in [0.3, 0.4) is 0 Å². The van der Waals surface area contributed by atoms with Crippen molar-refractivity contribution in [3.8, 4) is 0 Å². The minimum Gasteiger partial charge on any atom is -0.454 e. The monoisotopic (exact) mass is 266 g/mol. The van der Waals surface area contributed by atoms with Gasteiger partial charge in [-0.2, -0.15) is 0 Å². The minimum atomic E-state index is -0.321. The van der Waals surface area contributed by atoms with Crippen molar-refractivity contribution in [2.24, 2.45) is 0 Å². The van der Waals surface area contributed by atoms with Gasteiger partial charge in [-0.15, -0.1) is 11.3 Å². The second kappa shape index (κ2) is 3.28. The smallest absolute Gasteiger partial charge is 0.275 e. The van der Waals surface area contributed by atoms with Crippen LogP contribution >= 0.6 is 38.9 Å². The van der Waals surface area contributed by atoms with E-state index in [0.29, 0.717) is 4.34 Å². The van der Waals surface area contributed by atoms with E-state index in [-0.39, 0.29) is 6.29 Å². The van der Waals surface area contributed by atoms with Crippen LogP contribution in [-0.2, 0) is 9.47 Å². The Morgan fingerprint density at radius 1 is 1.42 bits per heavy atom. The van der Waals surface area contributed by atoms with Crippen LogP contribution in [-0.4, -0.2) is 0 Å². The molecule has 2 rings (SSSR count). The molecule has 0 aliphatic carbocycles. The largest absolute Gasteiger partial charge is 0.454 e. The van der Waals surface area contributed by atoms with E-state index in [4.69, 9.17) is 21.1 Å². The lowest BCUT2D eigenvalue weighted by Gasteiger charge is -2.05. The highest BCUT2D eigenvalue weighted by Gasteiger charge is 2.19. The fourth-order valence-corrected chi connectivity index (χ4v) is 2.56. The molecule has 0 aromatic carbocycles. The van der Waals surface area contributed by atoms with Crippen molar-refractivity contribution in [3.05, 3.63) is 32.3 Å². The Balaban J connectivity index is 2.23. The van der Waals surface area contributed by atoms with E-state index < -0.39 is 0 Å². The highest BCUT2D eigenvalue weighted by Crippen LogP contribution is 2.37. The van der Waals surface area contributed by atoms with Crippen LogP contribution in [0.25, 0.3) is 0 Å². The van der Waals surface area contributed by atoms with Crippen LogP contribution in [0.15, 0.2) is 23.1 Å². The van der Waals surface area contributed by atoms with Gasteiger partial charge < -0.3 is 9.47 Å². The zero-order valence-corrected chi connectivity index (χ0v) is 8.95. The number of thiophene rings is 1. The minimum absolute atomic E-state index is 0.321. The maximum atomic E-state index is 5.85. The molecular weight excluding hydrogens is 263 g/mol. The van der Waals surface area contributed by atoms with Crippen LogP contribution in [0.1, 0.15) is 11.2 Å². The molecule has 1 aromatic rings. The van der Waals surface area contributed by atoms with Crippen molar-refractivity contribution in [3.63, 3.8) is 0 Å². The summed E-state index contributed by atoms with van der Waals surface area (Å²) in [6.45, 7) is 0. The topological polar surface area (TPSA) is 18.5 Å². The third-order valence-corrected chi connectivity index (χ3v) is 3.85. The Morgan fingerprint density at radius 3 is 2.58 bits per heavy atom. The zero-order chi connectivity index (χ0) is 8.55. The summed E-state index contributed by atoms with van der Waals surface area (Å²) in [5.74, 6) is 0. The summed E-state index contributed by atoms with van der Waals surface area (Å²) in [4.78, 5) is 0.955. The van der Waals surface area contributed by atoms with E-state index in [9.17, 15) is 0 Å². The van der Waals surface area contributed by atoms with Gasteiger partial charge in [-0.3, -0.25) is 0 Å². The number of hydrogen-bond acceptors (Lipinski definition) is 3. The number of halogens is 2.